The number of para-hydroxylation sites is 1. The summed E-state index contributed by atoms with van der Waals surface area (Å²) in [4.78, 5) is 0. The third-order valence-electron chi connectivity index (χ3n) is 2.22. The smallest absolute Gasteiger partial charge is 0.172 e. The molecule has 0 amide bonds. The maximum Gasteiger partial charge on any atom is 0.172 e. The molecule has 2 aromatic rings. The van der Waals surface area contributed by atoms with Crippen LogP contribution in [0.5, 0.6) is 23.0 Å². The van der Waals surface area contributed by atoms with Crippen molar-refractivity contribution in [1.29, 1.82) is 0 Å². The molecule has 0 aliphatic heterocycles. The molecule has 17 heavy (non-hydrogen) atoms. The number of phenolic OH excluding ortho intramolecular Hbond substituents is 1. The predicted molar refractivity (Wildman–Crippen MR) is 66.2 cm³/mol. The van der Waals surface area contributed by atoms with Gasteiger partial charge in [-0.05, 0) is 24.3 Å². The standard InChI is InChI=1S/C13H11ClO3/c1-16-9-6-7-11(15)13(8-9)17-12-5-3-2-4-10(12)14/h2-8,15H,1H3. The molecule has 2 aromatic carbocycles. The van der Waals surface area contributed by atoms with Crippen molar-refractivity contribution in [2.24, 2.45) is 0 Å². The number of phenols is 1. The van der Waals surface area contributed by atoms with Gasteiger partial charge in [0.05, 0.1) is 12.1 Å². The van der Waals surface area contributed by atoms with Gasteiger partial charge in [0.1, 0.15) is 11.5 Å². The van der Waals surface area contributed by atoms with E-state index in [1.165, 1.54) is 6.07 Å². The zero-order valence-corrected chi connectivity index (χ0v) is 9.94. The first kappa shape index (κ1) is 11.6. The Morgan fingerprint density at radius 2 is 1.82 bits per heavy atom. The SMILES string of the molecule is COc1ccc(O)c(Oc2ccccc2Cl)c1. The summed E-state index contributed by atoms with van der Waals surface area (Å²) >= 11 is 5.96. The molecule has 0 saturated heterocycles. The number of hydrogen-bond donors (Lipinski definition) is 1. The lowest BCUT2D eigenvalue weighted by molar-refractivity contribution is 0.391. The van der Waals surface area contributed by atoms with Crippen LogP contribution in [0.2, 0.25) is 5.02 Å². The van der Waals surface area contributed by atoms with E-state index in [0.29, 0.717) is 22.3 Å². The molecule has 2 rings (SSSR count). The van der Waals surface area contributed by atoms with Gasteiger partial charge < -0.3 is 14.6 Å². The number of aromatic hydroxyl groups is 1. The van der Waals surface area contributed by atoms with Gasteiger partial charge in [0.2, 0.25) is 0 Å². The Morgan fingerprint density at radius 1 is 1.06 bits per heavy atom. The van der Waals surface area contributed by atoms with Gasteiger partial charge in [0, 0.05) is 6.07 Å². The molecule has 0 saturated carbocycles. The lowest BCUT2D eigenvalue weighted by Gasteiger charge is -2.10. The zero-order chi connectivity index (χ0) is 12.3. The van der Waals surface area contributed by atoms with E-state index in [1.807, 2.05) is 0 Å². The van der Waals surface area contributed by atoms with E-state index in [-0.39, 0.29) is 5.75 Å². The third kappa shape index (κ3) is 2.63. The Hall–Kier alpha value is -1.87. The van der Waals surface area contributed by atoms with Gasteiger partial charge in [0.25, 0.3) is 0 Å². The molecule has 88 valence electrons. The highest BCUT2D eigenvalue weighted by molar-refractivity contribution is 6.32. The predicted octanol–water partition coefficient (Wildman–Crippen LogP) is 3.85. The molecule has 1 N–H and O–H groups in total. The maximum atomic E-state index is 9.66. The number of rotatable bonds is 3. The van der Waals surface area contributed by atoms with Crippen LogP contribution in [0.15, 0.2) is 42.5 Å². The van der Waals surface area contributed by atoms with E-state index in [1.54, 1.807) is 43.5 Å². The van der Waals surface area contributed by atoms with Crippen LogP contribution in [-0.2, 0) is 0 Å². The highest BCUT2D eigenvalue weighted by atomic mass is 35.5. The molecule has 0 heterocycles. The average Bonchev–Trinajstić information content (AvgIpc) is 2.35. The minimum Gasteiger partial charge on any atom is -0.504 e. The Balaban J connectivity index is 2.32. The van der Waals surface area contributed by atoms with Crippen molar-refractivity contribution < 1.29 is 14.6 Å². The second-order valence-electron chi connectivity index (χ2n) is 3.37. The maximum absolute atomic E-state index is 9.66. The topological polar surface area (TPSA) is 38.7 Å². The summed E-state index contributed by atoms with van der Waals surface area (Å²) < 4.78 is 10.6. The lowest BCUT2D eigenvalue weighted by atomic mass is 10.3. The Bertz CT molecular complexity index is 526. The number of ether oxygens (including phenoxy) is 2. The van der Waals surface area contributed by atoms with E-state index in [0.717, 1.165) is 0 Å². The third-order valence-corrected chi connectivity index (χ3v) is 2.54. The summed E-state index contributed by atoms with van der Waals surface area (Å²) in [5, 5.41) is 10.1. The molecule has 0 aliphatic carbocycles. The molecule has 3 nitrogen and oxygen atoms in total. The number of halogens is 1. The summed E-state index contributed by atoms with van der Waals surface area (Å²) in [5.74, 6) is 1.42. The number of benzene rings is 2. The van der Waals surface area contributed by atoms with Gasteiger partial charge >= 0.3 is 0 Å². The lowest BCUT2D eigenvalue weighted by Crippen LogP contribution is -1.88. The minimum absolute atomic E-state index is 0.0331. The molecular weight excluding hydrogens is 240 g/mol. The Kier molecular flexibility index (Phi) is 3.40. The first-order valence-corrected chi connectivity index (χ1v) is 5.38. The fourth-order valence-corrected chi connectivity index (χ4v) is 1.52. The molecule has 0 spiro atoms. The van der Waals surface area contributed by atoms with Crippen LogP contribution < -0.4 is 9.47 Å². The second-order valence-corrected chi connectivity index (χ2v) is 3.77. The molecule has 0 aromatic heterocycles. The van der Waals surface area contributed by atoms with Crippen molar-refractivity contribution in [3.63, 3.8) is 0 Å². The first-order valence-electron chi connectivity index (χ1n) is 5.00. The van der Waals surface area contributed by atoms with Crippen LogP contribution in [0.4, 0.5) is 0 Å². The molecule has 0 radical (unpaired) electrons. The minimum atomic E-state index is 0.0331. The second kappa shape index (κ2) is 4.97. The molecule has 4 heteroatoms. The average molecular weight is 251 g/mol. The van der Waals surface area contributed by atoms with Crippen molar-refractivity contribution >= 4 is 11.6 Å². The van der Waals surface area contributed by atoms with Crippen molar-refractivity contribution in [3.8, 4) is 23.0 Å². The number of hydrogen-bond acceptors (Lipinski definition) is 3. The van der Waals surface area contributed by atoms with E-state index < -0.39 is 0 Å². The van der Waals surface area contributed by atoms with Gasteiger partial charge in [-0.25, -0.2) is 0 Å². The molecule has 0 fully saturated rings. The summed E-state index contributed by atoms with van der Waals surface area (Å²) in [7, 11) is 1.55. The van der Waals surface area contributed by atoms with Gasteiger partial charge in [-0.2, -0.15) is 0 Å². The van der Waals surface area contributed by atoms with Gasteiger partial charge in [-0.1, -0.05) is 23.7 Å². The normalized spacial score (nSPS) is 10.0. The quantitative estimate of drug-likeness (QED) is 0.899. The van der Waals surface area contributed by atoms with Gasteiger partial charge in [-0.3, -0.25) is 0 Å². The van der Waals surface area contributed by atoms with Crippen LogP contribution in [0, 0.1) is 0 Å². The number of methoxy groups -OCH3 is 1. The molecule has 0 atom stereocenters. The Labute approximate surface area is 104 Å². The molecule has 0 bridgehead atoms. The largest absolute Gasteiger partial charge is 0.504 e. The zero-order valence-electron chi connectivity index (χ0n) is 9.18. The molecule has 0 unspecified atom stereocenters. The van der Waals surface area contributed by atoms with E-state index >= 15 is 0 Å². The van der Waals surface area contributed by atoms with E-state index in [9.17, 15) is 5.11 Å². The fraction of sp³-hybridized carbons (Fsp3) is 0.0769. The summed E-state index contributed by atoms with van der Waals surface area (Å²) in [6, 6.07) is 11.8. The van der Waals surface area contributed by atoms with Crippen molar-refractivity contribution in [3.05, 3.63) is 47.5 Å². The Morgan fingerprint density at radius 3 is 2.53 bits per heavy atom. The molecule has 0 aliphatic rings. The van der Waals surface area contributed by atoms with E-state index in [4.69, 9.17) is 21.1 Å². The van der Waals surface area contributed by atoms with Crippen LogP contribution >= 0.6 is 11.6 Å². The summed E-state index contributed by atoms with van der Waals surface area (Å²) in [5.41, 5.74) is 0. The highest BCUT2D eigenvalue weighted by Crippen LogP contribution is 2.36. The fourth-order valence-electron chi connectivity index (χ4n) is 1.35. The van der Waals surface area contributed by atoms with Crippen molar-refractivity contribution in [2.75, 3.05) is 7.11 Å². The summed E-state index contributed by atoms with van der Waals surface area (Å²) in [6.07, 6.45) is 0. The molecular formula is C13H11ClO3. The van der Waals surface area contributed by atoms with Crippen LogP contribution in [0.1, 0.15) is 0 Å². The monoisotopic (exact) mass is 250 g/mol. The van der Waals surface area contributed by atoms with Crippen molar-refractivity contribution in [1.82, 2.24) is 0 Å². The van der Waals surface area contributed by atoms with Gasteiger partial charge in [0.15, 0.2) is 11.5 Å². The van der Waals surface area contributed by atoms with Gasteiger partial charge in [-0.15, -0.1) is 0 Å². The van der Waals surface area contributed by atoms with E-state index in [2.05, 4.69) is 0 Å². The van der Waals surface area contributed by atoms with Crippen LogP contribution in [-0.4, -0.2) is 12.2 Å². The summed E-state index contributed by atoms with van der Waals surface area (Å²) in [6.45, 7) is 0. The first-order chi connectivity index (χ1) is 8.20. The van der Waals surface area contributed by atoms with Crippen LogP contribution in [0.25, 0.3) is 0 Å². The highest BCUT2D eigenvalue weighted by Gasteiger charge is 2.07. The van der Waals surface area contributed by atoms with Crippen molar-refractivity contribution in [2.45, 2.75) is 0 Å². The van der Waals surface area contributed by atoms with Crippen LogP contribution in [0.3, 0.4) is 0 Å².